The molecule has 1 aromatic rings. The highest BCUT2D eigenvalue weighted by Crippen LogP contribution is 2.00. The van der Waals surface area contributed by atoms with Crippen LogP contribution in [0.3, 0.4) is 0 Å². The Morgan fingerprint density at radius 3 is 3.00 bits per heavy atom. The molecule has 3 N–H and O–H groups in total. The number of aryl methyl sites for hydroxylation is 1. The van der Waals surface area contributed by atoms with E-state index in [9.17, 15) is 4.79 Å². The van der Waals surface area contributed by atoms with Crippen LogP contribution in [0.4, 0.5) is 0 Å². The van der Waals surface area contributed by atoms with Crippen LogP contribution in [0.1, 0.15) is 18.6 Å². The second kappa shape index (κ2) is 4.04. The van der Waals surface area contributed by atoms with Crippen molar-refractivity contribution in [3.8, 4) is 0 Å². The highest BCUT2D eigenvalue weighted by atomic mass is 16.4. The average Bonchev–Trinajstić information content (AvgIpc) is 2.47. The number of amides is 1. The molecule has 0 fully saturated rings. The van der Waals surface area contributed by atoms with E-state index < -0.39 is 0 Å². The van der Waals surface area contributed by atoms with Gasteiger partial charge in [0.05, 0.1) is 18.8 Å². The van der Waals surface area contributed by atoms with E-state index in [1.165, 1.54) is 0 Å². The van der Waals surface area contributed by atoms with E-state index in [2.05, 4.69) is 10.3 Å². The zero-order chi connectivity index (χ0) is 9.84. The molecular formula is C8H13N3O2. The van der Waals surface area contributed by atoms with Gasteiger partial charge in [0.2, 0.25) is 11.8 Å². The van der Waals surface area contributed by atoms with Crippen LogP contribution >= 0.6 is 0 Å². The van der Waals surface area contributed by atoms with Crippen LogP contribution in [0.25, 0.3) is 0 Å². The molecule has 72 valence electrons. The average molecular weight is 183 g/mol. The fraction of sp³-hybridized carbons (Fsp3) is 0.500. The zero-order valence-electron chi connectivity index (χ0n) is 7.70. The van der Waals surface area contributed by atoms with Gasteiger partial charge in [0.25, 0.3) is 0 Å². The smallest absolute Gasteiger partial charge is 0.234 e. The number of carbonyl (C=O) groups is 1. The van der Waals surface area contributed by atoms with Crippen molar-refractivity contribution in [3.05, 3.63) is 17.8 Å². The van der Waals surface area contributed by atoms with Crippen molar-refractivity contribution in [2.45, 2.75) is 26.4 Å². The van der Waals surface area contributed by atoms with Crippen molar-refractivity contribution < 1.29 is 9.21 Å². The Bertz CT molecular complexity index is 295. The van der Waals surface area contributed by atoms with Gasteiger partial charge in [-0.15, -0.1) is 0 Å². The number of nitrogens with one attached hydrogen (secondary N) is 1. The normalized spacial score (nSPS) is 12.8. The van der Waals surface area contributed by atoms with Gasteiger partial charge >= 0.3 is 0 Å². The molecule has 5 heteroatoms. The molecular weight excluding hydrogens is 170 g/mol. The van der Waals surface area contributed by atoms with Crippen LogP contribution in [-0.4, -0.2) is 16.9 Å². The molecule has 0 spiro atoms. The summed E-state index contributed by atoms with van der Waals surface area (Å²) >= 11 is 0. The molecule has 1 atom stereocenters. The zero-order valence-corrected chi connectivity index (χ0v) is 7.70. The van der Waals surface area contributed by atoms with Gasteiger partial charge < -0.3 is 10.2 Å². The first-order valence-corrected chi connectivity index (χ1v) is 4.03. The fourth-order valence-electron chi connectivity index (χ4n) is 0.824. The van der Waals surface area contributed by atoms with E-state index >= 15 is 0 Å². The lowest BCUT2D eigenvalue weighted by Gasteiger charge is -2.06. The van der Waals surface area contributed by atoms with Crippen molar-refractivity contribution in [2.24, 2.45) is 5.73 Å². The Morgan fingerprint density at radius 1 is 1.85 bits per heavy atom. The third-order valence-corrected chi connectivity index (χ3v) is 1.66. The largest absolute Gasteiger partial charge is 0.445 e. The Hall–Kier alpha value is -1.36. The molecule has 0 radical (unpaired) electrons. The summed E-state index contributed by atoms with van der Waals surface area (Å²) in [4.78, 5) is 14.6. The summed E-state index contributed by atoms with van der Waals surface area (Å²) in [6, 6.07) is -0.368. The molecule has 1 amide bonds. The number of oxazole rings is 1. The lowest BCUT2D eigenvalue weighted by molar-refractivity contribution is -0.119. The summed E-state index contributed by atoms with van der Waals surface area (Å²) in [5.74, 6) is 0.928. The van der Waals surface area contributed by atoms with Crippen LogP contribution in [-0.2, 0) is 11.3 Å². The third kappa shape index (κ3) is 2.87. The summed E-state index contributed by atoms with van der Waals surface area (Å²) < 4.78 is 5.19. The fourth-order valence-corrected chi connectivity index (χ4v) is 0.824. The predicted molar refractivity (Wildman–Crippen MR) is 46.7 cm³/mol. The van der Waals surface area contributed by atoms with Gasteiger partial charge in [0.1, 0.15) is 5.76 Å². The topological polar surface area (TPSA) is 81.1 Å². The Kier molecular flexibility index (Phi) is 3.02. The quantitative estimate of drug-likeness (QED) is 0.685. The van der Waals surface area contributed by atoms with Crippen LogP contribution in [0.15, 0.2) is 10.6 Å². The minimum absolute atomic E-state index is 0.368. The molecule has 0 aliphatic rings. The Morgan fingerprint density at radius 2 is 2.54 bits per heavy atom. The summed E-state index contributed by atoms with van der Waals surface area (Å²) in [5.41, 5.74) is 5.05. The van der Waals surface area contributed by atoms with Gasteiger partial charge in [-0.3, -0.25) is 10.1 Å². The van der Waals surface area contributed by atoms with E-state index in [1.54, 1.807) is 13.1 Å². The van der Waals surface area contributed by atoms with E-state index in [4.69, 9.17) is 10.2 Å². The minimum Gasteiger partial charge on any atom is -0.445 e. The van der Waals surface area contributed by atoms with Crippen molar-refractivity contribution in [1.29, 1.82) is 0 Å². The summed E-state index contributed by atoms with van der Waals surface area (Å²) in [7, 11) is 0. The maximum atomic E-state index is 10.6. The maximum absolute atomic E-state index is 10.6. The number of hydrogen-bond acceptors (Lipinski definition) is 4. The molecule has 1 unspecified atom stereocenters. The van der Waals surface area contributed by atoms with Gasteiger partial charge in [0, 0.05) is 0 Å². The van der Waals surface area contributed by atoms with Gasteiger partial charge in [-0.2, -0.15) is 0 Å². The number of nitrogens with two attached hydrogens (primary N) is 1. The number of aromatic nitrogens is 1. The lowest BCUT2D eigenvalue weighted by Crippen LogP contribution is -2.38. The Labute approximate surface area is 76.3 Å². The number of carbonyl (C=O) groups excluding carboxylic acids is 1. The second-order valence-electron chi connectivity index (χ2n) is 2.87. The molecule has 13 heavy (non-hydrogen) atoms. The lowest BCUT2D eigenvalue weighted by atomic mass is 10.3. The van der Waals surface area contributed by atoms with Crippen molar-refractivity contribution in [1.82, 2.24) is 10.3 Å². The number of rotatable bonds is 4. The summed E-state index contributed by atoms with van der Waals surface area (Å²) in [6.07, 6.45) is 1.63. The molecule has 1 heterocycles. The first-order valence-electron chi connectivity index (χ1n) is 4.03. The molecule has 0 aliphatic heterocycles. The molecule has 1 rings (SSSR count). The van der Waals surface area contributed by atoms with Crippen LogP contribution in [0.5, 0.6) is 0 Å². The Balaban J connectivity index is 2.39. The SMILES string of the molecule is Cc1cnc(CNC(C)C(N)=O)o1. The molecule has 0 bridgehead atoms. The third-order valence-electron chi connectivity index (χ3n) is 1.66. The predicted octanol–water partition coefficient (Wildman–Crippen LogP) is -0.0536. The monoisotopic (exact) mass is 183 g/mol. The first-order chi connectivity index (χ1) is 6.09. The van der Waals surface area contributed by atoms with Gasteiger partial charge in [-0.25, -0.2) is 4.98 Å². The highest BCUT2D eigenvalue weighted by Gasteiger charge is 2.08. The molecule has 0 saturated heterocycles. The standard InChI is InChI=1S/C8H13N3O2/c1-5-3-11-7(13-5)4-10-6(2)8(9)12/h3,6,10H,4H2,1-2H3,(H2,9,12). The molecule has 0 aliphatic carbocycles. The van der Waals surface area contributed by atoms with Crippen LogP contribution in [0, 0.1) is 6.92 Å². The number of primary amides is 1. The van der Waals surface area contributed by atoms with Gasteiger partial charge in [-0.05, 0) is 13.8 Å². The maximum Gasteiger partial charge on any atom is 0.234 e. The van der Waals surface area contributed by atoms with E-state index in [0.717, 1.165) is 5.76 Å². The van der Waals surface area contributed by atoms with Crippen molar-refractivity contribution in [3.63, 3.8) is 0 Å². The van der Waals surface area contributed by atoms with Crippen molar-refractivity contribution in [2.75, 3.05) is 0 Å². The molecule has 0 saturated carbocycles. The second-order valence-corrected chi connectivity index (χ2v) is 2.87. The van der Waals surface area contributed by atoms with E-state index in [-0.39, 0.29) is 11.9 Å². The van der Waals surface area contributed by atoms with Crippen LogP contribution < -0.4 is 11.1 Å². The van der Waals surface area contributed by atoms with Gasteiger partial charge in [0.15, 0.2) is 0 Å². The van der Waals surface area contributed by atoms with Crippen LogP contribution in [0.2, 0.25) is 0 Å². The van der Waals surface area contributed by atoms with Crippen molar-refractivity contribution >= 4 is 5.91 Å². The molecule has 0 aromatic carbocycles. The van der Waals surface area contributed by atoms with E-state index in [1.807, 2.05) is 6.92 Å². The van der Waals surface area contributed by atoms with E-state index in [0.29, 0.717) is 12.4 Å². The number of nitrogens with zero attached hydrogens (tertiary/aromatic N) is 1. The minimum atomic E-state index is -0.386. The number of hydrogen-bond donors (Lipinski definition) is 2. The van der Waals surface area contributed by atoms with Gasteiger partial charge in [-0.1, -0.05) is 0 Å². The summed E-state index contributed by atoms with van der Waals surface area (Å²) in [6.45, 7) is 3.92. The summed E-state index contributed by atoms with van der Waals surface area (Å²) in [5, 5.41) is 2.88. The molecule has 1 aromatic heterocycles. The highest BCUT2D eigenvalue weighted by molar-refractivity contribution is 5.79. The first kappa shape index (κ1) is 9.73. The molecule has 5 nitrogen and oxygen atoms in total.